The quantitative estimate of drug-likeness (QED) is 0.248. The Hall–Kier alpha value is -3.12. The lowest BCUT2D eigenvalue weighted by molar-refractivity contribution is -0.135. The van der Waals surface area contributed by atoms with Crippen molar-refractivity contribution in [2.45, 2.75) is 43.5 Å². The standard InChI is InChI=1S/C26H31ClF3N5O3S/c1-39(38)20-9-10-21(23(14-20)34-18-4-2-3-17(27)13-18)22(31)15-33-25(37)35(12-11-26(28,29)30)24(32)16-5-7-19(36)8-6-16/h2-5,7-8,13,16,20,32,36H,6,9-12,14-15,31H2,1H3,(H,33,37)/b22-21-,32-24?,34-23?. The Morgan fingerprint density at radius 1 is 1.38 bits per heavy atom. The third-order valence-electron chi connectivity index (χ3n) is 6.43. The van der Waals surface area contributed by atoms with Crippen molar-refractivity contribution in [2.75, 3.05) is 19.3 Å². The molecule has 0 heterocycles. The number of benzene rings is 1. The Balaban J connectivity index is 1.80. The Morgan fingerprint density at radius 2 is 2.13 bits per heavy atom. The van der Waals surface area contributed by atoms with Crippen molar-refractivity contribution in [3.05, 3.63) is 64.5 Å². The van der Waals surface area contributed by atoms with Crippen LogP contribution in [0.15, 0.2) is 64.5 Å². The van der Waals surface area contributed by atoms with Gasteiger partial charge in [-0.1, -0.05) is 23.7 Å². The van der Waals surface area contributed by atoms with Gasteiger partial charge in [-0.3, -0.25) is 19.5 Å². The monoisotopic (exact) mass is 585 g/mol. The van der Waals surface area contributed by atoms with Crippen molar-refractivity contribution in [2.24, 2.45) is 16.6 Å². The van der Waals surface area contributed by atoms with Crippen molar-refractivity contribution in [1.29, 1.82) is 5.41 Å². The third-order valence-corrected chi connectivity index (χ3v) is 8.01. The molecule has 0 bridgehead atoms. The highest BCUT2D eigenvalue weighted by molar-refractivity contribution is 7.84. The van der Waals surface area contributed by atoms with Gasteiger partial charge in [0, 0.05) is 57.6 Å². The largest absolute Gasteiger partial charge is 0.508 e. The molecule has 2 aliphatic rings. The summed E-state index contributed by atoms with van der Waals surface area (Å²) in [5.74, 6) is -1.00. The average Bonchev–Trinajstić information content (AvgIpc) is 2.87. The lowest BCUT2D eigenvalue weighted by atomic mass is 9.90. The predicted molar refractivity (Wildman–Crippen MR) is 148 cm³/mol. The van der Waals surface area contributed by atoms with E-state index in [0.717, 1.165) is 4.90 Å². The first kappa shape index (κ1) is 30.4. The topological polar surface area (TPSA) is 132 Å². The highest BCUT2D eigenvalue weighted by Crippen LogP contribution is 2.29. The molecular weight excluding hydrogens is 555 g/mol. The number of hydrogen-bond acceptors (Lipinski definition) is 6. The van der Waals surface area contributed by atoms with Crippen LogP contribution in [0.3, 0.4) is 0 Å². The molecule has 2 amide bonds. The summed E-state index contributed by atoms with van der Waals surface area (Å²) in [5.41, 5.74) is 8.49. The second-order valence-electron chi connectivity index (χ2n) is 9.30. The van der Waals surface area contributed by atoms with Gasteiger partial charge in [0.2, 0.25) is 0 Å². The first-order valence-corrected chi connectivity index (χ1v) is 14.2. The number of carbonyl (C=O) groups excluding carboxylic acids is 1. The molecule has 2 aliphatic carbocycles. The number of nitrogens with zero attached hydrogens (tertiary/aromatic N) is 2. The molecule has 0 aromatic heterocycles. The summed E-state index contributed by atoms with van der Waals surface area (Å²) in [4.78, 5) is 18.4. The number of nitrogens with two attached hydrogens (primary N) is 1. The molecule has 0 spiro atoms. The summed E-state index contributed by atoms with van der Waals surface area (Å²) in [5, 5.41) is 20.8. The molecule has 5 N–H and O–H groups in total. The number of aliphatic hydroxyl groups is 1. The first-order valence-electron chi connectivity index (χ1n) is 12.2. The fourth-order valence-electron chi connectivity index (χ4n) is 4.29. The van der Waals surface area contributed by atoms with Gasteiger partial charge in [-0.15, -0.1) is 0 Å². The van der Waals surface area contributed by atoms with Crippen LogP contribution >= 0.6 is 11.6 Å². The van der Waals surface area contributed by atoms with E-state index < -0.39 is 41.9 Å². The van der Waals surface area contributed by atoms with Gasteiger partial charge in [0.25, 0.3) is 0 Å². The van der Waals surface area contributed by atoms with Crippen molar-refractivity contribution < 1.29 is 27.3 Å². The summed E-state index contributed by atoms with van der Waals surface area (Å²) >= 11 is 6.08. The zero-order chi connectivity index (χ0) is 28.7. The number of carbonyl (C=O) groups is 1. The Labute approximate surface area is 232 Å². The van der Waals surface area contributed by atoms with Crippen LogP contribution in [0.5, 0.6) is 0 Å². The lowest BCUT2D eigenvalue weighted by Gasteiger charge is -2.29. The summed E-state index contributed by atoms with van der Waals surface area (Å²) in [6, 6.07) is 6.00. The van der Waals surface area contributed by atoms with Gasteiger partial charge in [0.15, 0.2) is 0 Å². The minimum Gasteiger partial charge on any atom is -0.508 e. The molecule has 1 aromatic rings. The summed E-state index contributed by atoms with van der Waals surface area (Å²) in [6.07, 6.45) is 1.68. The van der Waals surface area contributed by atoms with E-state index in [1.807, 2.05) is 0 Å². The number of urea groups is 1. The molecule has 3 rings (SSSR count). The van der Waals surface area contributed by atoms with Gasteiger partial charge >= 0.3 is 12.2 Å². The van der Waals surface area contributed by atoms with Crippen LogP contribution in [-0.4, -0.2) is 62.6 Å². The molecule has 212 valence electrons. The Morgan fingerprint density at radius 3 is 2.74 bits per heavy atom. The fourth-order valence-corrected chi connectivity index (χ4v) is 5.32. The molecule has 0 radical (unpaired) electrons. The fraction of sp³-hybridized carbons (Fsp3) is 0.423. The van der Waals surface area contributed by atoms with Crippen LogP contribution in [-0.2, 0) is 10.8 Å². The van der Waals surface area contributed by atoms with Gasteiger partial charge in [0.1, 0.15) is 11.6 Å². The van der Waals surface area contributed by atoms with Crippen LogP contribution in [0.4, 0.5) is 23.7 Å². The second-order valence-corrected chi connectivity index (χ2v) is 11.4. The minimum absolute atomic E-state index is 0.0124. The molecule has 0 aliphatic heterocycles. The van der Waals surface area contributed by atoms with E-state index in [9.17, 15) is 27.3 Å². The number of amides is 2. The summed E-state index contributed by atoms with van der Waals surface area (Å²) in [6.45, 7) is -0.921. The first-order chi connectivity index (χ1) is 18.3. The van der Waals surface area contributed by atoms with E-state index in [-0.39, 0.29) is 35.5 Å². The van der Waals surface area contributed by atoms with Gasteiger partial charge in [0.05, 0.1) is 18.7 Å². The maximum Gasteiger partial charge on any atom is 0.390 e. The van der Waals surface area contributed by atoms with Gasteiger partial charge < -0.3 is 16.2 Å². The van der Waals surface area contributed by atoms with Crippen LogP contribution in [0.2, 0.25) is 5.02 Å². The van der Waals surface area contributed by atoms with Crippen molar-refractivity contribution in [3.63, 3.8) is 0 Å². The average molecular weight is 586 g/mol. The molecule has 8 nitrogen and oxygen atoms in total. The molecule has 0 saturated heterocycles. The van der Waals surface area contributed by atoms with E-state index >= 15 is 0 Å². The van der Waals surface area contributed by atoms with E-state index in [4.69, 9.17) is 22.7 Å². The summed E-state index contributed by atoms with van der Waals surface area (Å²) in [7, 11) is -1.09. The molecule has 1 aromatic carbocycles. The number of nitrogens with one attached hydrogen (secondary N) is 2. The van der Waals surface area contributed by atoms with Gasteiger partial charge in [-0.25, -0.2) is 4.79 Å². The van der Waals surface area contributed by atoms with E-state index in [1.165, 1.54) is 18.2 Å². The van der Waals surface area contributed by atoms with Crippen molar-refractivity contribution in [1.82, 2.24) is 10.2 Å². The minimum atomic E-state index is -4.52. The highest BCUT2D eigenvalue weighted by atomic mass is 35.5. The zero-order valence-corrected chi connectivity index (χ0v) is 22.9. The van der Waals surface area contributed by atoms with Crippen LogP contribution in [0.25, 0.3) is 0 Å². The molecule has 3 unspecified atom stereocenters. The molecule has 13 heteroatoms. The number of hydrogen-bond donors (Lipinski definition) is 4. The van der Waals surface area contributed by atoms with Crippen molar-refractivity contribution >= 4 is 45.7 Å². The molecular formula is C26H31ClF3N5O3S. The number of aliphatic hydroxyl groups excluding tert-OH is 1. The highest BCUT2D eigenvalue weighted by Gasteiger charge is 2.32. The lowest BCUT2D eigenvalue weighted by Crippen LogP contribution is -2.48. The number of alkyl halides is 3. The normalized spacial score (nSPS) is 22.7. The molecule has 1 fully saturated rings. The molecule has 1 saturated carbocycles. The SMILES string of the molecule is CS(=O)C1CC/C(=C(/N)CNC(=O)N(CCC(F)(F)F)C(=N)C2C=CC(O)=CC2)C(=Nc2cccc(Cl)c2)C1. The Bertz CT molecular complexity index is 1250. The van der Waals surface area contributed by atoms with E-state index in [2.05, 4.69) is 10.3 Å². The van der Waals surface area contributed by atoms with Gasteiger partial charge in [-0.2, -0.15) is 13.2 Å². The summed E-state index contributed by atoms with van der Waals surface area (Å²) < 4.78 is 51.1. The zero-order valence-electron chi connectivity index (χ0n) is 21.3. The van der Waals surface area contributed by atoms with Crippen LogP contribution in [0, 0.1) is 11.3 Å². The van der Waals surface area contributed by atoms with Crippen LogP contribution < -0.4 is 11.1 Å². The Kier molecular flexibility index (Phi) is 10.4. The van der Waals surface area contributed by atoms with Crippen molar-refractivity contribution in [3.8, 4) is 0 Å². The van der Waals surface area contributed by atoms with Gasteiger partial charge in [-0.05, 0) is 55.2 Å². The van der Waals surface area contributed by atoms with Crippen LogP contribution in [0.1, 0.15) is 32.1 Å². The molecule has 3 atom stereocenters. The number of allylic oxidation sites excluding steroid dienone is 3. The number of amidine groups is 1. The smallest absolute Gasteiger partial charge is 0.390 e. The number of aliphatic imine (C=N–C) groups is 1. The maximum absolute atomic E-state index is 13.0. The second kappa shape index (κ2) is 13.3. The van der Waals surface area contributed by atoms with E-state index in [1.54, 1.807) is 30.5 Å². The molecule has 39 heavy (non-hydrogen) atoms. The maximum atomic E-state index is 13.0. The number of rotatable bonds is 7. The third kappa shape index (κ3) is 8.96. The predicted octanol–water partition coefficient (Wildman–Crippen LogP) is 5.52. The van der Waals surface area contributed by atoms with E-state index in [0.29, 0.717) is 41.3 Å². The number of halogens is 4.